The van der Waals surface area contributed by atoms with E-state index in [-0.39, 0.29) is 0 Å². The van der Waals surface area contributed by atoms with Gasteiger partial charge in [0.15, 0.2) is 0 Å². The first-order valence-corrected chi connectivity index (χ1v) is 7.29. The third-order valence-corrected chi connectivity index (χ3v) is 4.84. The molecule has 0 saturated carbocycles. The van der Waals surface area contributed by atoms with Gasteiger partial charge in [-0.1, -0.05) is 12.8 Å². The SMILES string of the molecule is CN(CCCl)S(=O)(=O)N1CCCCCC1. The Kier molecular flexibility index (Phi) is 5.32. The summed E-state index contributed by atoms with van der Waals surface area (Å²) in [6.45, 7) is 1.67. The van der Waals surface area contributed by atoms with Crippen molar-refractivity contribution in [2.45, 2.75) is 25.7 Å². The van der Waals surface area contributed by atoms with Gasteiger partial charge in [0, 0.05) is 32.6 Å². The summed E-state index contributed by atoms with van der Waals surface area (Å²) in [5.41, 5.74) is 0. The fraction of sp³-hybridized carbons (Fsp3) is 1.00. The number of halogens is 1. The van der Waals surface area contributed by atoms with Crippen LogP contribution >= 0.6 is 11.6 Å². The van der Waals surface area contributed by atoms with E-state index in [0.29, 0.717) is 25.5 Å². The zero-order valence-corrected chi connectivity index (χ0v) is 10.7. The summed E-state index contributed by atoms with van der Waals surface area (Å²) in [5.74, 6) is 0.337. The molecule has 1 aliphatic rings. The predicted octanol–water partition coefficient (Wildman–Crippen LogP) is 1.28. The van der Waals surface area contributed by atoms with Crippen LogP contribution < -0.4 is 0 Å². The van der Waals surface area contributed by atoms with Crippen molar-refractivity contribution in [3.63, 3.8) is 0 Å². The van der Waals surface area contributed by atoms with Crippen LogP contribution in [0, 0.1) is 0 Å². The van der Waals surface area contributed by atoms with Crippen LogP contribution in [0.2, 0.25) is 0 Å². The molecular formula is C9H19ClN2O2S. The molecule has 6 heteroatoms. The van der Waals surface area contributed by atoms with Gasteiger partial charge in [-0.15, -0.1) is 11.6 Å². The Hall–Kier alpha value is 0.160. The fourth-order valence-corrected chi connectivity index (χ4v) is 3.49. The van der Waals surface area contributed by atoms with Crippen LogP contribution in [0.4, 0.5) is 0 Å². The second-order valence-corrected chi connectivity index (χ2v) is 6.24. The summed E-state index contributed by atoms with van der Waals surface area (Å²) < 4.78 is 27.0. The van der Waals surface area contributed by atoms with Crippen molar-refractivity contribution in [2.75, 3.05) is 32.6 Å². The van der Waals surface area contributed by atoms with Crippen molar-refractivity contribution in [2.24, 2.45) is 0 Å². The Bertz CT molecular complexity index is 274. The van der Waals surface area contributed by atoms with Crippen molar-refractivity contribution in [1.29, 1.82) is 0 Å². The van der Waals surface area contributed by atoms with Crippen LogP contribution in [0.1, 0.15) is 25.7 Å². The van der Waals surface area contributed by atoms with Gasteiger partial charge in [0.05, 0.1) is 0 Å². The average Bonchev–Trinajstić information content (AvgIpc) is 2.46. The van der Waals surface area contributed by atoms with Gasteiger partial charge < -0.3 is 0 Å². The maximum atomic E-state index is 12.0. The maximum Gasteiger partial charge on any atom is 0.281 e. The number of rotatable bonds is 4. The van der Waals surface area contributed by atoms with Crippen molar-refractivity contribution >= 4 is 21.8 Å². The van der Waals surface area contributed by atoms with Crippen molar-refractivity contribution in [1.82, 2.24) is 8.61 Å². The molecule has 1 heterocycles. The Morgan fingerprint density at radius 2 is 1.73 bits per heavy atom. The van der Waals surface area contributed by atoms with E-state index in [1.807, 2.05) is 0 Å². The van der Waals surface area contributed by atoms with Crippen LogP contribution in [-0.2, 0) is 10.2 Å². The molecule has 0 aromatic carbocycles. The van der Waals surface area contributed by atoms with Crippen LogP contribution in [0.15, 0.2) is 0 Å². The zero-order chi connectivity index (χ0) is 11.3. The van der Waals surface area contributed by atoms with Crippen LogP contribution in [-0.4, -0.2) is 49.6 Å². The molecule has 0 bridgehead atoms. The van der Waals surface area contributed by atoms with Gasteiger partial charge in [-0.05, 0) is 12.8 Å². The van der Waals surface area contributed by atoms with Crippen LogP contribution in [0.3, 0.4) is 0 Å². The molecule has 0 atom stereocenters. The molecule has 1 saturated heterocycles. The number of alkyl halides is 1. The lowest BCUT2D eigenvalue weighted by atomic mass is 10.2. The summed E-state index contributed by atoms with van der Waals surface area (Å²) in [5, 5.41) is 0. The van der Waals surface area contributed by atoms with Gasteiger partial charge in [-0.3, -0.25) is 0 Å². The normalized spacial score (nSPS) is 20.5. The first-order chi connectivity index (χ1) is 7.09. The van der Waals surface area contributed by atoms with Gasteiger partial charge in [0.25, 0.3) is 10.2 Å². The lowest BCUT2D eigenvalue weighted by molar-refractivity contribution is 0.372. The minimum Gasteiger partial charge on any atom is -0.195 e. The van der Waals surface area contributed by atoms with E-state index in [4.69, 9.17) is 11.6 Å². The van der Waals surface area contributed by atoms with Gasteiger partial charge in [0.1, 0.15) is 0 Å². The van der Waals surface area contributed by atoms with Gasteiger partial charge in [0.2, 0.25) is 0 Å². The summed E-state index contributed by atoms with van der Waals surface area (Å²) >= 11 is 5.55. The lowest BCUT2D eigenvalue weighted by Gasteiger charge is -2.25. The van der Waals surface area contributed by atoms with E-state index in [1.54, 1.807) is 11.4 Å². The molecule has 1 rings (SSSR count). The molecular weight excluding hydrogens is 236 g/mol. The molecule has 0 radical (unpaired) electrons. The van der Waals surface area contributed by atoms with Gasteiger partial charge in [-0.25, -0.2) is 0 Å². The lowest BCUT2D eigenvalue weighted by Crippen LogP contribution is -2.43. The highest BCUT2D eigenvalue weighted by Crippen LogP contribution is 2.15. The van der Waals surface area contributed by atoms with Crippen LogP contribution in [0.5, 0.6) is 0 Å². The van der Waals surface area contributed by atoms with Gasteiger partial charge >= 0.3 is 0 Å². The maximum absolute atomic E-state index is 12.0. The molecule has 0 N–H and O–H groups in total. The predicted molar refractivity (Wildman–Crippen MR) is 62.3 cm³/mol. The highest BCUT2D eigenvalue weighted by Gasteiger charge is 2.26. The molecule has 0 spiro atoms. The molecule has 0 aromatic rings. The molecule has 1 aliphatic heterocycles. The Labute approximate surface area is 97.4 Å². The Morgan fingerprint density at radius 3 is 2.20 bits per heavy atom. The zero-order valence-electron chi connectivity index (χ0n) is 9.15. The third-order valence-electron chi connectivity index (χ3n) is 2.68. The molecule has 4 nitrogen and oxygen atoms in total. The van der Waals surface area contributed by atoms with E-state index in [2.05, 4.69) is 0 Å². The van der Waals surface area contributed by atoms with E-state index in [0.717, 1.165) is 25.7 Å². The average molecular weight is 255 g/mol. The molecule has 0 aromatic heterocycles. The quantitative estimate of drug-likeness (QED) is 0.709. The first-order valence-electron chi connectivity index (χ1n) is 5.36. The van der Waals surface area contributed by atoms with E-state index >= 15 is 0 Å². The first kappa shape index (κ1) is 13.2. The summed E-state index contributed by atoms with van der Waals surface area (Å²) in [6, 6.07) is 0. The summed E-state index contributed by atoms with van der Waals surface area (Å²) in [7, 11) is -1.68. The Balaban J connectivity index is 2.66. The molecule has 1 fully saturated rings. The number of nitrogens with zero attached hydrogens (tertiary/aromatic N) is 2. The fourth-order valence-electron chi connectivity index (χ4n) is 1.70. The third kappa shape index (κ3) is 3.59. The Morgan fingerprint density at radius 1 is 1.20 bits per heavy atom. The molecule has 0 unspecified atom stereocenters. The van der Waals surface area contributed by atoms with E-state index in [1.165, 1.54) is 4.31 Å². The highest BCUT2D eigenvalue weighted by atomic mass is 35.5. The molecule has 90 valence electrons. The molecule has 0 amide bonds. The molecule has 0 aliphatic carbocycles. The number of hydrogen-bond donors (Lipinski definition) is 0. The van der Waals surface area contributed by atoms with Crippen LogP contribution in [0.25, 0.3) is 0 Å². The summed E-state index contributed by atoms with van der Waals surface area (Å²) in [6.07, 6.45) is 4.19. The molecule has 15 heavy (non-hydrogen) atoms. The van der Waals surface area contributed by atoms with Crippen molar-refractivity contribution in [3.05, 3.63) is 0 Å². The topological polar surface area (TPSA) is 40.6 Å². The second kappa shape index (κ2) is 6.03. The summed E-state index contributed by atoms with van der Waals surface area (Å²) in [4.78, 5) is 0. The van der Waals surface area contributed by atoms with E-state index < -0.39 is 10.2 Å². The smallest absolute Gasteiger partial charge is 0.195 e. The van der Waals surface area contributed by atoms with Crippen molar-refractivity contribution < 1.29 is 8.42 Å². The minimum atomic E-state index is -3.27. The van der Waals surface area contributed by atoms with Crippen molar-refractivity contribution in [3.8, 4) is 0 Å². The number of hydrogen-bond acceptors (Lipinski definition) is 2. The largest absolute Gasteiger partial charge is 0.281 e. The standard InChI is InChI=1S/C9H19ClN2O2S/c1-11(9-6-10)15(13,14)12-7-4-2-3-5-8-12/h2-9H2,1H3. The minimum absolute atomic E-state index is 0.337. The second-order valence-electron chi connectivity index (χ2n) is 3.83. The monoisotopic (exact) mass is 254 g/mol. The van der Waals surface area contributed by atoms with E-state index in [9.17, 15) is 8.42 Å². The van der Waals surface area contributed by atoms with Gasteiger partial charge in [-0.2, -0.15) is 17.0 Å². The highest BCUT2D eigenvalue weighted by molar-refractivity contribution is 7.86.